The molecule has 0 aliphatic rings. The fraction of sp³-hybridized carbons (Fsp3) is 0.455. The Hall–Kier alpha value is -1.80. The minimum absolute atomic E-state index is 0.141. The summed E-state index contributed by atoms with van der Waals surface area (Å²) in [4.78, 5) is 4.09. The lowest BCUT2D eigenvalue weighted by Crippen LogP contribution is -2.22. The van der Waals surface area contributed by atoms with Gasteiger partial charge in [0.15, 0.2) is 5.69 Å². The summed E-state index contributed by atoms with van der Waals surface area (Å²) in [6, 6.07) is 5.50. The van der Waals surface area contributed by atoms with Gasteiger partial charge in [-0.1, -0.05) is 0 Å². The minimum Gasteiger partial charge on any atom is -0.396 e. The second-order valence-electron chi connectivity index (χ2n) is 3.45. The highest BCUT2D eigenvalue weighted by Crippen LogP contribution is 2.12. The summed E-state index contributed by atoms with van der Waals surface area (Å²) < 4.78 is 5.27. The lowest BCUT2D eigenvalue weighted by molar-refractivity contribution is 0.141. The van der Waals surface area contributed by atoms with Crippen molar-refractivity contribution in [2.75, 3.05) is 24.3 Å². The molecule has 1 heterocycles. The van der Waals surface area contributed by atoms with Crippen LogP contribution in [0.25, 0.3) is 0 Å². The molecule has 5 nitrogen and oxygen atoms in total. The predicted molar refractivity (Wildman–Crippen MR) is 62.9 cm³/mol. The van der Waals surface area contributed by atoms with Crippen molar-refractivity contribution in [3.8, 4) is 6.07 Å². The third-order valence-electron chi connectivity index (χ3n) is 2.00. The van der Waals surface area contributed by atoms with Gasteiger partial charge in [0.1, 0.15) is 11.9 Å². The summed E-state index contributed by atoms with van der Waals surface area (Å²) in [6.45, 7) is 5.22. The van der Waals surface area contributed by atoms with Crippen LogP contribution in [0.3, 0.4) is 0 Å². The second-order valence-corrected chi connectivity index (χ2v) is 3.45. The number of nitriles is 1. The summed E-state index contributed by atoms with van der Waals surface area (Å²) >= 11 is 0. The number of ether oxygens (including phenoxy) is 1. The first-order chi connectivity index (χ1) is 7.67. The van der Waals surface area contributed by atoms with Crippen molar-refractivity contribution in [2.24, 2.45) is 0 Å². The zero-order valence-electron chi connectivity index (χ0n) is 9.53. The average molecular weight is 220 g/mol. The Morgan fingerprint density at radius 3 is 3.00 bits per heavy atom. The Morgan fingerprint density at radius 1 is 1.62 bits per heavy atom. The number of pyridine rings is 1. The molecule has 0 spiro atoms. The molecular formula is C11H16N4O. The van der Waals surface area contributed by atoms with Crippen LogP contribution in [-0.2, 0) is 4.74 Å². The zero-order valence-corrected chi connectivity index (χ0v) is 9.53. The van der Waals surface area contributed by atoms with Crippen LogP contribution in [0.15, 0.2) is 12.1 Å². The molecule has 86 valence electrons. The maximum atomic E-state index is 8.77. The van der Waals surface area contributed by atoms with E-state index in [2.05, 4.69) is 10.3 Å². The number of hydrogen-bond acceptors (Lipinski definition) is 5. The van der Waals surface area contributed by atoms with Gasteiger partial charge in [0, 0.05) is 12.6 Å². The van der Waals surface area contributed by atoms with Gasteiger partial charge in [0.05, 0.1) is 12.3 Å². The predicted octanol–water partition coefficient (Wildman–Crippen LogP) is 1.37. The molecule has 0 amide bonds. The van der Waals surface area contributed by atoms with Crippen molar-refractivity contribution < 1.29 is 4.74 Å². The largest absolute Gasteiger partial charge is 0.396 e. The van der Waals surface area contributed by atoms with Gasteiger partial charge in [-0.25, -0.2) is 4.98 Å². The molecule has 0 saturated carbocycles. The van der Waals surface area contributed by atoms with Crippen LogP contribution >= 0.6 is 0 Å². The number of anilines is 2. The second kappa shape index (κ2) is 5.93. The molecule has 0 saturated heterocycles. The number of hydrogen-bond donors (Lipinski definition) is 2. The monoisotopic (exact) mass is 220 g/mol. The third kappa shape index (κ3) is 3.41. The lowest BCUT2D eigenvalue weighted by atomic mass is 10.3. The maximum absolute atomic E-state index is 8.77. The molecule has 1 atom stereocenters. The fourth-order valence-electron chi connectivity index (χ4n) is 1.23. The highest BCUT2D eigenvalue weighted by molar-refractivity contribution is 5.54. The van der Waals surface area contributed by atoms with Crippen molar-refractivity contribution in [1.82, 2.24) is 4.98 Å². The maximum Gasteiger partial charge on any atom is 0.165 e. The Labute approximate surface area is 95.2 Å². The Balaban J connectivity index is 2.64. The topological polar surface area (TPSA) is 84.0 Å². The smallest absolute Gasteiger partial charge is 0.165 e. The molecular weight excluding hydrogens is 204 g/mol. The van der Waals surface area contributed by atoms with Crippen molar-refractivity contribution in [3.05, 3.63) is 17.8 Å². The van der Waals surface area contributed by atoms with Crippen molar-refractivity contribution >= 4 is 11.5 Å². The van der Waals surface area contributed by atoms with Crippen molar-refractivity contribution in [3.63, 3.8) is 0 Å². The van der Waals surface area contributed by atoms with E-state index in [1.165, 1.54) is 0 Å². The molecule has 1 unspecified atom stereocenters. The first-order valence-electron chi connectivity index (χ1n) is 5.18. The number of nitrogens with one attached hydrogen (secondary N) is 1. The van der Waals surface area contributed by atoms with Crippen LogP contribution in [0.2, 0.25) is 0 Å². The van der Waals surface area contributed by atoms with Gasteiger partial charge in [0.25, 0.3) is 0 Å². The van der Waals surface area contributed by atoms with Crippen molar-refractivity contribution in [1.29, 1.82) is 5.26 Å². The highest BCUT2D eigenvalue weighted by atomic mass is 16.5. The Morgan fingerprint density at radius 2 is 2.38 bits per heavy atom. The van der Waals surface area contributed by atoms with Gasteiger partial charge < -0.3 is 15.8 Å². The van der Waals surface area contributed by atoms with Crippen LogP contribution in [0.5, 0.6) is 0 Å². The molecule has 0 fully saturated rings. The average Bonchev–Trinajstić information content (AvgIpc) is 2.29. The molecule has 0 bridgehead atoms. The summed E-state index contributed by atoms with van der Waals surface area (Å²) in [5.41, 5.74) is 6.21. The Bertz CT molecular complexity index is 386. The first kappa shape index (κ1) is 12.3. The van der Waals surface area contributed by atoms with Crippen LogP contribution in [-0.4, -0.2) is 24.2 Å². The van der Waals surface area contributed by atoms with Gasteiger partial charge in [-0.3, -0.25) is 0 Å². The standard InChI is InChI=1S/C11H16N4O/c1-3-16-7-8(2)14-11-5-4-9(13)10(6-12)15-11/h4-5,8H,3,7,13H2,1-2H3,(H,14,15). The van der Waals surface area contributed by atoms with E-state index in [4.69, 9.17) is 15.7 Å². The summed E-state index contributed by atoms with van der Waals surface area (Å²) in [7, 11) is 0. The van der Waals surface area contributed by atoms with E-state index in [0.717, 1.165) is 0 Å². The molecule has 3 N–H and O–H groups in total. The van der Waals surface area contributed by atoms with E-state index in [9.17, 15) is 0 Å². The number of nitrogens with zero attached hydrogens (tertiary/aromatic N) is 2. The minimum atomic E-state index is 0.141. The van der Waals surface area contributed by atoms with Crippen molar-refractivity contribution in [2.45, 2.75) is 19.9 Å². The molecule has 1 aromatic rings. The summed E-state index contributed by atoms with van der Waals surface area (Å²) in [6.07, 6.45) is 0. The SMILES string of the molecule is CCOCC(C)Nc1ccc(N)c(C#N)n1. The van der Waals surface area contributed by atoms with Crippen LogP contribution in [0.1, 0.15) is 19.5 Å². The van der Waals surface area contributed by atoms with Crippen LogP contribution < -0.4 is 11.1 Å². The number of nitrogens with two attached hydrogens (primary N) is 1. The van der Waals surface area contributed by atoms with E-state index < -0.39 is 0 Å². The van der Waals surface area contributed by atoms with E-state index in [1.54, 1.807) is 12.1 Å². The molecule has 0 aromatic carbocycles. The van der Waals surface area contributed by atoms with Gasteiger partial charge in [-0.15, -0.1) is 0 Å². The third-order valence-corrected chi connectivity index (χ3v) is 2.00. The fourth-order valence-corrected chi connectivity index (χ4v) is 1.23. The van der Waals surface area contributed by atoms with E-state index in [-0.39, 0.29) is 11.7 Å². The van der Waals surface area contributed by atoms with Crippen LogP contribution in [0.4, 0.5) is 11.5 Å². The summed E-state index contributed by atoms with van der Waals surface area (Å²) in [5, 5.41) is 11.9. The molecule has 5 heteroatoms. The molecule has 1 aromatic heterocycles. The van der Waals surface area contributed by atoms with Gasteiger partial charge in [-0.05, 0) is 26.0 Å². The summed E-state index contributed by atoms with van der Waals surface area (Å²) in [5.74, 6) is 0.637. The van der Waals surface area contributed by atoms with Gasteiger partial charge in [-0.2, -0.15) is 5.26 Å². The lowest BCUT2D eigenvalue weighted by Gasteiger charge is -2.14. The van der Waals surface area contributed by atoms with Crippen LogP contribution in [0, 0.1) is 11.3 Å². The molecule has 0 aliphatic heterocycles. The molecule has 0 aliphatic carbocycles. The molecule has 1 rings (SSSR count). The first-order valence-corrected chi connectivity index (χ1v) is 5.18. The normalized spacial score (nSPS) is 11.8. The Kier molecular flexibility index (Phi) is 4.55. The highest BCUT2D eigenvalue weighted by Gasteiger charge is 2.05. The van der Waals surface area contributed by atoms with Gasteiger partial charge >= 0.3 is 0 Å². The quantitative estimate of drug-likeness (QED) is 0.783. The number of rotatable bonds is 5. The molecule has 16 heavy (non-hydrogen) atoms. The van der Waals surface area contributed by atoms with E-state index in [0.29, 0.717) is 24.7 Å². The van der Waals surface area contributed by atoms with E-state index in [1.807, 2.05) is 19.9 Å². The number of aromatic nitrogens is 1. The zero-order chi connectivity index (χ0) is 12.0. The molecule has 0 radical (unpaired) electrons. The number of nitrogen functional groups attached to an aromatic ring is 1. The van der Waals surface area contributed by atoms with E-state index >= 15 is 0 Å². The van der Waals surface area contributed by atoms with Gasteiger partial charge in [0.2, 0.25) is 0 Å².